The van der Waals surface area contributed by atoms with Crippen LogP contribution in [0.1, 0.15) is 32.6 Å². The number of methoxy groups -OCH3 is 1. The first-order valence-corrected chi connectivity index (χ1v) is 9.35. The van der Waals surface area contributed by atoms with E-state index in [-0.39, 0.29) is 11.7 Å². The maximum absolute atomic E-state index is 11.7. The summed E-state index contributed by atoms with van der Waals surface area (Å²) in [4.78, 5) is 13.9. The number of nitrogens with zero attached hydrogens (tertiary/aromatic N) is 1. The molecule has 1 rings (SSSR count). The van der Waals surface area contributed by atoms with Gasteiger partial charge in [-0.25, -0.2) is 8.42 Å². The highest BCUT2D eigenvalue weighted by Crippen LogP contribution is 2.16. The zero-order chi connectivity index (χ0) is 15.9. The summed E-state index contributed by atoms with van der Waals surface area (Å²) in [5.41, 5.74) is -0.642. The summed E-state index contributed by atoms with van der Waals surface area (Å²) >= 11 is 0. The minimum absolute atomic E-state index is 0.245. The predicted octanol–water partition coefficient (Wildman–Crippen LogP) is 0.428. The van der Waals surface area contributed by atoms with Crippen molar-refractivity contribution in [2.75, 3.05) is 45.3 Å². The molecule has 0 amide bonds. The fourth-order valence-electron chi connectivity index (χ4n) is 2.58. The highest BCUT2D eigenvalue weighted by molar-refractivity contribution is 7.91. The molecule has 6 nitrogen and oxygen atoms in total. The molecule has 0 bridgehead atoms. The molecule has 1 unspecified atom stereocenters. The highest BCUT2D eigenvalue weighted by atomic mass is 32.2. The number of carbonyl (C=O) groups is 1. The summed E-state index contributed by atoms with van der Waals surface area (Å²) in [6.07, 6.45) is 3.28. The molecule has 1 fully saturated rings. The minimum Gasteiger partial charge on any atom is -0.468 e. The Morgan fingerprint density at radius 3 is 2.62 bits per heavy atom. The number of unbranched alkanes of at least 4 members (excludes halogenated alkanes) is 1. The Labute approximate surface area is 128 Å². The van der Waals surface area contributed by atoms with Crippen molar-refractivity contribution in [3.63, 3.8) is 0 Å². The second kappa shape index (κ2) is 8.10. The van der Waals surface area contributed by atoms with E-state index in [1.807, 2.05) is 6.92 Å². The van der Waals surface area contributed by atoms with Gasteiger partial charge in [0.15, 0.2) is 9.84 Å². The fourth-order valence-corrected chi connectivity index (χ4v) is 3.89. The van der Waals surface area contributed by atoms with Crippen LogP contribution < -0.4 is 5.32 Å². The van der Waals surface area contributed by atoms with Crippen LogP contribution in [0.4, 0.5) is 0 Å². The van der Waals surface area contributed by atoms with Gasteiger partial charge < -0.3 is 15.0 Å². The largest absolute Gasteiger partial charge is 0.468 e. The normalized spacial score (nSPS) is 22.2. The topological polar surface area (TPSA) is 75.7 Å². The summed E-state index contributed by atoms with van der Waals surface area (Å²) in [6, 6.07) is 0. The summed E-state index contributed by atoms with van der Waals surface area (Å²) in [7, 11) is 0.321. The zero-order valence-corrected chi connectivity index (χ0v) is 14.2. The third-order valence-corrected chi connectivity index (χ3v) is 5.95. The van der Waals surface area contributed by atoms with Crippen LogP contribution in [-0.2, 0) is 19.4 Å². The molecular formula is C14H28N2O4S. The first-order valence-electron chi connectivity index (χ1n) is 7.53. The summed E-state index contributed by atoms with van der Waals surface area (Å²) in [6.45, 7) is 4.20. The standard InChI is InChI=1S/C14H28N2O4S/c1-14(15-2,13(17)20-3)7-4-5-8-16-9-6-11-21(18,19)12-10-16/h15H,4-12H2,1-3H3. The molecule has 1 aliphatic heterocycles. The molecule has 124 valence electrons. The van der Waals surface area contributed by atoms with Gasteiger partial charge in [0.05, 0.1) is 18.6 Å². The van der Waals surface area contributed by atoms with Gasteiger partial charge in [-0.2, -0.15) is 0 Å². The Hall–Kier alpha value is -0.660. The van der Waals surface area contributed by atoms with E-state index in [2.05, 4.69) is 10.2 Å². The van der Waals surface area contributed by atoms with Gasteiger partial charge in [-0.05, 0) is 52.7 Å². The Morgan fingerprint density at radius 2 is 2.00 bits per heavy atom. The quantitative estimate of drug-likeness (QED) is 0.541. The number of esters is 1. The van der Waals surface area contributed by atoms with E-state index in [1.54, 1.807) is 7.05 Å². The molecule has 1 saturated heterocycles. The van der Waals surface area contributed by atoms with Crippen LogP contribution in [0.3, 0.4) is 0 Å². The molecule has 0 radical (unpaired) electrons. The van der Waals surface area contributed by atoms with E-state index in [0.29, 0.717) is 18.7 Å². The monoisotopic (exact) mass is 320 g/mol. The van der Waals surface area contributed by atoms with Gasteiger partial charge in [0.25, 0.3) is 0 Å². The second-order valence-electron chi connectivity index (χ2n) is 5.88. The molecule has 1 N–H and O–H groups in total. The molecule has 1 heterocycles. The number of ether oxygens (including phenoxy) is 1. The van der Waals surface area contributed by atoms with Crippen molar-refractivity contribution < 1.29 is 17.9 Å². The SMILES string of the molecule is CNC(C)(CCCCN1CCCS(=O)(=O)CC1)C(=O)OC. The van der Waals surface area contributed by atoms with E-state index in [4.69, 9.17) is 4.74 Å². The van der Waals surface area contributed by atoms with Crippen molar-refractivity contribution >= 4 is 15.8 Å². The molecular weight excluding hydrogens is 292 g/mol. The van der Waals surface area contributed by atoms with Crippen LogP contribution >= 0.6 is 0 Å². The lowest BCUT2D eigenvalue weighted by Gasteiger charge is -2.26. The molecule has 1 atom stereocenters. The lowest BCUT2D eigenvalue weighted by Crippen LogP contribution is -2.48. The number of rotatable bonds is 7. The summed E-state index contributed by atoms with van der Waals surface area (Å²) in [5, 5.41) is 3.02. The minimum atomic E-state index is -2.84. The average Bonchev–Trinajstić information content (AvgIpc) is 2.63. The van der Waals surface area contributed by atoms with Gasteiger partial charge in [-0.1, -0.05) is 0 Å². The second-order valence-corrected chi connectivity index (χ2v) is 8.18. The van der Waals surface area contributed by atoms with Gasteiger partial charge in [0.1, 0.15) is 5.54 Å². The van der Waals surface area contributed by atoms with Gasteiger partial charge in [-0.3, -0.25) is 4.79 Å². The van der Waals surface area contributed by atoms with Crippen molar-refractivity contribution in [3.8, 4) is 0 Å². The average molecular weight is 320 g/mol. The third kappa shape index (κ3) is 5.92. The van der Waals surface area contributed by atoms with Crippen LogP contribution in [0, 0.1) is 0 Å². The zero-order valence-electron chi connectivity index (χ0n) is 13.4. The Morgan fingerprint density at radius 1 is 1.29 bits per heavy atom. The van der Waals surface area contributed by atoms with Crippen molar-refractivity contribution in [1.29, 1.82) is 0 Å². The molecule has 0 spiro atoms. The first kappa shape index (κ1) is 18.4. The molecule has 0 aromatic carbocycles. The Bertz CT molecular complexity index is 438. The number of hydrogen-bond donors (Lipinski definition) is 1. The van der Waals surface area contributed by atoms with E-state index < -0.39 is 15.4 Å². The number of sulfone groups is 1. The van der Waals surface area contributed by atoms with Crippen molar-refractivity contribution in [2.45, 2.75) is 38.1 Å². The van der Waals surface area contributed by atoms with E-state index >= 15 is 0 Å². The Balaban J connectivity index is 2.32. The van der Waals surface area contributed by atoms with Crippen molar-refractivity contribution in [3.05, 3.63) is 0 Å². The molecule has 0 aliphatic carbocycles. The third-order valence-electron chi connectivity index (χ3n) is 4.24. The van der Waals surface area contributed by atoms with E-state index in [0.717, 1.165) is 32.4 Å². The van der Waals surface area contributed by atoms with Crippen LogP contribution in [0.2, 0.25) is 0 Å². The van der Waals surface area contributed by atoms with E-state index in [1.165, 1.54) is 7.11 Å². The molecule has 0 saturated carbocycles. The number of carbonyl (C=O) groups excluding carboxylic acids is 1. The molecule has 0 aromatic rings. The van der Waals surface area contributed by atoms with E-state index in [9.17, 15) is 13.2 Å². The van der Waals surface area contributed by atoms with Crippen LogP contribution in [0.5, 0.6) is 0 Å². The maximum Gasteiger partial charge on any atom is 0.325 e. The van der Waals surface area contributed by atoms with Gasteiger partial charge >= 0.3 is 5.97 Å². The van der Waals surface area contributed by atoms with Crippen LogP contribution in [-0.4, -0.2) is 70.1 Å². The van der Waals surface area contributed by atoms with Crippen LogP contribution in [0.15, 0.2) is 0 Å². The molecule has 1 aliphatic rings. The number of hydrogen-bond acceptors (Lipinski definition) is 6. The van der Waals surface area contributed by atoms with Crippen LogP contribution in [0.25, 0.3) is 0 Å². The molecule has 0 aromatic heterocycles. The molecule has 7 heteroatoms. The van der Waals surface area contributed by atoms with Gasteiger partial charge in [-0.15, -0.1) is 0 Å². The van der Waals surface area contributed by atoms with Crippen molar-refractivity contribution in [1.82, 2.24) is 10.2 Å². The summed E-state index contributed by atoms with van der Waals surface area (Å²) in [5.74, 6) is 0.332. The fraction of sp³-hybridized carbons (Fsp3) is 0.929. The highest BCUT2D eigenvalue weighted by Gasteiger charge is 2.31. The smallest absolute Gasteiger partial charge is 0.325 e. The number of likely N-dealkylation sites (N-methyl/N-ethyl adjacent to an activating group) is 1. The lowest BCUT2D eigenvalue weighted by molar-refractivity contribution is -0.148. The number of nitrogens with one attached hydrogen (secondary N) is 1. The van der Waals surface area contributed by atoms with Gasteiger partial charge in [0.2, 0.25) is 0 Å². The van der Waals surface area contributed by atoms with Gasteiger partial charge in [0, 0.05) is 6.54 Å². The van der Waals surface area contributed by atoms with Crippen molar-refractivity contribution in [2.24, 2.45) is 0 Å². The Kier molecular flexibility index (Phi) is 7.09. The maximum atomic E-state index is 11.7. The molecule has 21 heavy (non-hydrogen) atoms. The predicted molar refractivity (Wildman–Crippen MR) is 83.0 cm³/mol. The summed E-state index contributed by atoms with van der Waals surface area (Å²) < 4.78 is 27.9. The first-order chi connectivity index (χ1) is 9.83. The lowest BCUT2D eigenvalue weighted by atomic mass is 9.95.